The van der Waals surface area contributed by atoms with Crippen LogP contribution in [0.4, 0.5) is 0 Å². The van der Waals surface area contributed by atoms with Crippen molar-refractivity contribution in [1.29, 1.82) is 0 Å². The van der Waals surface area contributed by atoms with Crippen LogP contribution in [0.15, 0.2) is 9.24 Å². The third kappa shape index (κ3) is 4.36. The molecule has 0 bridgehead atoms. The molecule has 0 saturated heterocycles. The number of aryl methyl sites for hydroxylation is 2. The van der Waals surface area contributed by atoms with Gasteiger partial charge in [0, 0.05) is 13.1 Å². The van der Waals surface area contributed by atoms with Crippen molar-refractivity contribution in [1.82, 2.24) is 19.5 Å². The molecule has 1 N–H and O–H groups in total. The summed E-state index contributed by atoms with van der Waals surface area (Å²) in [6.07, 6.45) is 4.57. The Labute approximate surface area is 157 Å². The standard InChI is InChI=1S/C13H16Cl2N4OS3/c1-7-9(14)10(15)19(17-7)6-4-5-16-11(20)8-12(21-2)18-23-13(8)22-3/h4-6H2,1-3H3,(H,16,20). The number of nitrogens with one attached hydrogen (secondary N) is 1. The fourth-order valence-electron chi connectivity index (χ4n) is 1.93. The minimum absolute atomic E-state index is 0.0896. The lowest BCUT2D eigenvalue weighted by Gasteiger charge is -2.07. The Hall–Kier alpha value is -0.410. The van der Waals surface area contributed by atoms with E-state index in [4.69, 9.17) is 23.2 Å². The van der Waals surface area contributed by atoms with Crippen LogP contribution in [0, 0.1) is 6.92 Å². The monoisotopic (exact) mass is 410 g/mol. The van der Waals surface area contributed by atoms with Crippen LogP contribution in [0.1, 0.15) is 22.5 Å². The molecule has 0 atom stereocenters. The van der Waals surface area contributed by atoms with Gasteiger partial charge < -0.3 is 5.32 Å². The average molecular weight is 411 g/mol. The zero-order chi connectivity index (χ0) is 17.0. The highest BCUT2D eigenvalue weighted by Crippen LogP contribution is 2.32. The van der Waals surface area contributed by atoms with Crippen molar-refractivity contribution in [3.8, 4) is 0 Å². The van der Waals surface area contributed by atoms with E-state index in [1.165, 1.54) is 35.1 Å². The predicted octanol–water partition coefficient (Wildman–Crippen LogP) is 4.22. The van der Waals surface area contributed by atoms with Gasteiger partial charge in [0.25, 0.3) is 5.91 Å². The summed E-state index contributed by atoms with van der Waals surface area (Å²) in [6, 6.07) is 0. The Balaban J connectivity index is 1.90. The molecule has 0 saturated carbocycles. The van der Waals surface area contributed by atoms with Crippen LogP contribution >= 0.6 is 58.3 Å². The molecule has 2 aromatic rings. The molecule has 0 radical (unpaired) electrons. The highest BCUT2D eigenvalue weighted by atomic mass is 35.5. The van der Waals surface area contributed by atoms with Crippen molar-refractivity contribution in [3.63, 3.8) is 0 Å². The van der Waals surface area contributed by atoms with Gasteiger partial charge >= 0.3 is 0 Å². The van der Waals surface area contributed by atoms with Crippen LogP contribution in [0.5, 0.6) is 0 Å². The van der Waals surface area contributed by atoms with Gasteiger partial charge in [-0.1, -0.05) is 23.2 Å². The Morgan fingerprint density at radius 1 is 1.35 bits per heavy atom. The molecule has 2 heterocycles. The van der Waals surface area contributed by atoms with Crippen molar-refractivity contribution in [2.24, 2.45) is 0 Å². The number of carbonyl (C=O) groups is 1. The first-order valence-electron chi connectivity index (χ1n) is 6.73. The number of thioether (sulfide) groups is 2. The summed E-state index contributed by atoms with van der Waals surface area (Å²) in [5.41, 5.74) is 1.38. The molecule has 23 heavy (non-hydrogen) atoms. The van der Waals surface area contributed by atoms with E-state index in [9.17, 15) is 4.79 Å². The van der Waals surface area contributed by atoms with Crippen molar-refractivity contribution < 1.29 is 4.79 Å². The molecular formula is C13H16Cl2N4OS3. The molecule has 2 aromatic heterocycles. The zero-order valence-corrected chi connectivity index (χ0v) is 16.8. The van der Waals surface area contributed by atoms with Crippen LogP contribution in [0.2, 0.25) is 10.2 Å². The van der Waals surface area contributed by atoms with E-state index in [1.807, 2.05) is 19.4 Å². The first kappa shape index (κ1) is 18.9. The fourth-order valence-corrected chi connectivity index (χ4v) is 4.60. The van der Waals surface area contributed by atoms with Crippen LogP contribution in [-0.2, 0) is 6.54 Å². The molecule has 0 unspecified atom stereocenters. The molecule has 0 aliphatic rings. The lowest BCUT2D eigenvalue weighted by molar-refractivity contribution is 0.0947. The summed E-state index contributed by atoms with van der Waals surface area (Å²) < 4.78 is 6.89. The van der Waals surface area contributed by atoms with Gasteiger partial charge in [-0.15, -0.1) is 23.5 Å². The molecule has 2 rings (SSSR count). The minimum atomic E-state index is -0.0896. The van der Waals surface area contributed by atoms with E-state index < -0.39 is 0 Å². The van der Waals surface area contributed by atoms with Gasteiger partial charge in [0.1, 0.15) is 15.2 Å². The van der Waals surface area contributed by atoms with E-state index in [0.29, 0.717) is 40.9 Å². The maximum atomic E-state index is 12.4. The number of hydrogen-bond donors (Lipinski definition) is 1. The normalized spacial score (nSPS) is 11.0. The van der Waals surface area contributed by atoms with Crippen LogP contribution in [-0.4, -0.2) is 39.1 Å². The molecule has 0 spiro atoms. The number of amides is 1. The van der Waals surface area contributed by atoms with Crippen molar-refractivity contribution in [2.45, 2.75) is 29.1 Å². The summed E-state index contributed by atoms with van der Waals surface area (Å²) in [6.45, 7) is 2.94. The van der Waals surface area contributed by atoms with Gasteiger partial charge in [-0.25, -0.2) is 0 Å². The quantitative estimate of drug-likeness (QED) is 0.546. The third-order valence-electron chi connectivity index (χ3n) is 3.06. The molecule has 10 heteroatoms. The van der Waals surface area contributed by atoms with Gasteiger partial charge in [-0.3, -0.25) is 9.48 Å². The Bertz CT molecular complexity index is 680. The maximum Gasteiger partial charge on any atom is 0.256 e. The molecule has 0 aliphatic heterocycles. The van der Waals surface area contributed by atoms with Crippen LogP contribution in [0.3, 0.4) is 0 Å². The Morgan fingerprint density at radius 3 is 2.65 bits per heavy atom. The minimum Gasteiger partial charge on any atom is -0.352 e. The zero-order valence-electron chi connectivity index (χ0n) is 12.9. The number of nitrogens with zero attached hydrogens (tertiary/aromatic N) is 3. The number of halogens is 2. The van der Waals surface area contributed by atoms with E-state index in [-0.39, 0.29) is 5.91 Å². The molecule has 1 amide bonds. The van der Waals surface area contributed by atoms with E-state index in [2.05, 4.69) is 14.8 Å². The highest BCUT2D eigenvalue weighted by Gasteiger charge is 2.19. The Morgan fingerprint density at radius 2 is 2.09 bits per heavy atom. The summed E-state index contributed by atoms with van der Waals surface area (Å²) >= 11 is 16.5. The Kier molecular flexibility index (Phi) is 7.09. The van der Waals surface area contributed by atoms with Gasteiger partial charge in [0.15, 0.2) is 0 Å². The predicted molar refractivity (Wildman–Crippen MR) is 99.6 cm³/mol. The fraction of sp³-hybridized carbons (Fsp3) is 0.462. The number of hydrogen-bond acceptors (Lipinski definition) is 6. The van der Waals surface area contributed by atoms with E-state index >= 15 is 0 Å². The van der Waals surface area contributed by atoms with Crippen LogP contribution < -0.4 is 5.32 Å². The SMILES string of the molecule is CSc1nsc(SC)c1C(=O)NCCCn1nc(C)c(Cl)c1Cl. The van der Waals surface area contributed by atoms with Crippen molar-refractivity contribution >= 4 is 64.2 Å². The molecule has 0 aliphatic carbocycles. The molecule has 0 aromatic carbocycles. The molecule has 5 nitrogen and oxygen atoms in total. The lowest BCUT2D eigenvalue weighted by atomic mass is 10.3. The van der Waals surface area contributed by atoms with E-state index in [0.717, 1.165) is 9.24 Å². The number of carbonyl (C=O) groups excluding carboxylic acids is 1. The van der Waals surface area contributed by atoms with Gasteiger partial charge in [0.05, 0.1) is 15.5 Å². The summed E-state index contributed by atoms with van der Waals surface area (Å²) in [7, 11) is 0. The summed E-state index contributed by atoms with van der Waals surface area (Å²) in [4.78, 5) is 12.4. The van der Waals surface area contributed by atoms with Gasteiger partial charge in [-0.2, -0.15) is 9.47 Å². The summed E-state index contributed by atoms with van der Waals surface area (Å²) in [5, 5.41) is 8.88. The first-order valence-corrected chi connectivity index (χ1v) is 10.7. The molecular weight excluding hydrogens is 395 g/mol. The first-order chi connectivity index (χ1) is 11.0. The largest absolute Gasteiger partial charge is 0.352 e. The second-order valence-electron chi connectivity index (χ2n) is 4.58. The van der Waals surface area contributed by atoms with Gasteiger partial charge in [0.2, 0.25) is 0 Å². The third-order valence-corrected chi connectivity index (χ3v) is 6.74. The molecule has 0 fully saturated rings. The second kappa shape index (κ2) is 8.62. The number of aromatic nitrogens is 3. The van der Waals surface area contributed by atoms with E-state index in [1.54, 1.807) is 4.68 Å². The van der Waals surface area contributed by atoms with Crippen molar-refractivity contribution in [3.05, 3.63) is 21.4 Å². The van der Waals surface area contributed by atoms with Crippen molar-refractivity contribution in [2.75, 3.05) is 19.1 Å². The second-order valence-corrected chi connectivity index (χ2v) is 7.96. The lowest BCUT2D eigenvalue weighted by Crippen LogP contribution is -2.26. The average Bonchev–Trinajstić information content (AvgIpc) is 3.08. The highest BCUT2D eigenvalue weighted by molar-refractivity contribution is 8.01. The topological polar surface area (TPSA) is 59.8 Å². The van der Waals surface area contributed by atoms with Gasteiger partial charge in [-0.05, 0) is 37.4 Å². The number of rotatable bonds is 7. The smallest absolute Gasteiger partial charge is 0.256 e. The summed E-state index contributed by atoms with van der Waals surface area (Å²) in [5.74, 6) is -0.0896. The molecule has 126 valence electrons. The van der Waals surface area contributed by atoms with Crippen LogP contribution in [0.25, 0.3) is 0 Å². The maximum absolute atomic E-state index is 12.4.